The van der Waals surface area contributed by atoms with Gasteiger partial charge in [0.2, 0.25) is 0 Å². The molecule has 1 unspecified atom stereocenters. The predicted molar refractivity (Wildman–Crippen MR) is 77.5 cm³/mol. The molecule has 0 fully saturated rings. The van der Waals surface area contributed by atoms with Gasteiger partial charge in [-0.2, -0.15) is 0 Å². The largest absolute Gasteiger partial charge is 0.340 e. The lowest BCUT2D eigenvalue weighted by molar-refractivity contribution is -0.384. The summed E-state index contributed by atoms with van der Waals surface area (Å²) < 4.78 is 0. The number of nitro benzene ring substituents is 1. The Labute approximate surface area is 121 Å². The van der Waals surface area contributed by atoms with Crippen LogP contribution in [0.5, 0.6) is 0 Å². The summed E-state index contributed by atoms with van der Waals surface area (Å²) in [6.45, 7) is 3.84. The molecule has 1 heterocycles. The van der Waals surface area contributed by atoms with Crippen LogP contribution < -0.4 is 5.73 Å². The second kappa shape index (κ2) is 5.22. The maximum Gasteiger partial charge on any atom is 0.288 e. The molecule has 0 aliphatic carbocycles. The number of halogens is 1. The van der Waals surface area contributed by atoms with Gasteiger partial charge in [-0.25, -0.2) is 4.98 Å². The summed E-state index contributed by atoms with van der Waals surface area (Å²) >= 11 is 5.79. The number of nitrogens with two attached hydrogens (primary N) is 1. The summed E-state index contributed by atoms with van der Waals surface area (Å²) in [5.41, 5.74) is 6.73. The standard InChI is InChI=1S/C13H15ClN4O2/c1-3-13(2,15)12-16-7-10(17-12)8-4-5-9(14)11(6-8)18(19)20/h4-7H,3,15H2,1-2H3,(H,16,17). The SMILES string of the molecule is CCC(C)(N)c1ncc(-c2ccc(Cl)c([N+](=O)[O-])c2)[nH]1. The topological polar surface area (TPSA) is 97.8 Å². The average Bonchev–Trinajstić information content (AvgIpc) is 2.89. The first-order valence-corrected chi connectivity index (χ1v) is 6.51. The monoisotopic (exact) mass is 294 g/mol. The minimum atomic E-state index is -0.559. The predicted octanol–water partition coefficient (Wildman–Crippen LogP) is 3.22. The molecule has 1 aromatic heterocycles. The Balaban J connectivity index is 2.43. The third kappa shape index (κ3) is 2.66. The molecular weight excluding hydrogens is 280 g/mol. The van der Waals surface area contributed by atoms with Crippen molar-refractivity contribution in [3.05, 3.63) is 45.4 Å². The molecule has 3 N–H and O–H groups in total. The van der Waals surface area contributed by atoms with E-state index < -0.39 is 10.5 Å². The van der Waals surface area contributed by atoms with Crippen molar-refractivity contribution in [2.45, 2.75) is 25.8 Å². The lowest BCUT2D eigenvalue weighted by Gasteiger charge is -2.19. The molecule has 2 rings (SSSR count). The quantitative estimate of drug-likeness (QED) is 0.668. The van der Waals surface area contributed by atoms with Crippen molar-refractivity contribution < 1.29 is 4.92 Å². The summed E-state index contributed by atoms with van der Waals surface area (Å²) in [4.78, 5) is 17.7. The molecule has 0 bridgehead atoms. The number of hydrogen-bond acceptors (Lipinski definition) is 4. The molecule has 7 heteroatoms. The molecule has 1 atom stereocenters. The van der Waals surface area contributed by atoms with Crippen LogP contribution in [-0.4, -0.2) is 14.9 Å². The van der Waals surface area contributed by atoms with Crippen molar-refractivity contribution in [3.8, 4) is 11.3 Å². The maximum atomic E-state index is 10.9. The van der Waals surface area contributed by atoms with E-state index in [4.69, 9.17) is 17.3 Å². The van der Waals surface area contributed by atoms with Crippen LogP contribution in [0.3, 0.4) is 0 Å². The number of nitro groups is 1. The summed E-state index contributed by atoms with van der Waals surface area (Å²) in [5.74, 6) is 0.646. The van der Waals surface area contributed by atoms with E-state index in [2.05, 4.69) is 9.97 Å². The number of hydrogen-bond donors (Lipinski definition) is 2. The van der Waals surface area contributed by atoms with Gasteiger partial charge in [-0.05, 0) is 19.4 Å². The first-order chi connectivity index (χ1) is 9.35. The zero-order valence-corrected chi connectivity index (χ0v) is 11.9. The number of benzene rings is 1. The highest BCUT2D eigenvalue weighted by Crippen LogP contribution is 2.30. The van der Waals surface area contributed by atoms with Crippen molar-refractivity contribution in [2.75, 3.05) is 0 Å². The number of aromatic nitrogens is 2. The minimum Gasteiger partial charge on any atom is -0.340 e. The van der Waals surface area contributed by atoms with Crippen molar-refractivity contribution >= 4 is 17.3 Å². The lowest BCUT2D eigenvalue weighted by atomic mass is 10.00. The third-order valence-corrected chi connectivity index (χ3v) is 3.62. The van der Waals surface area contributed by atoms with E-state index >= 15 is 0 Å². The van der Waals surface area contributed by atoms with Gasteiger partial charge < -0.3 is 10.7 Å². The number of aromatic amines is 1. The van der Waals surface area contributed by atoms with E-state index in [9.17, 15) is 10.1 Å². The van der Waals surface area contributed by atoms with Gasteiger partial charge in [-0.15, -0.1) is 0 Å². The van der Waals surface area contributed by atoms with Crippen LogP contribution in [-0.2, 0) is 5.54 Å². The van der Waals surface area contributed by atoms with Crippen molar-refractivity contribution in [2.24, 2.45) is 5.73 Å². The van der Waals surface area contributed by atoms with E-state index in [1.165, 1.54) is 12.1 Å². The molecule has 20 heavy (non-hydrogen) atoms. The number of nitrogens with zero attached hydrogens (tertiary/aromatic N) is 2. The average molecular weight is 295 g/mol. The van der Waals surface area contributed by atoms with Crippen molar-refractivity contribution in [1.82, 2.24) is 9.97 Å². The molecule has 0 saturated heterocycles. The summed E-state index contributed by atoms with van der Waals surface area (Å²) in [5, 5.41) is 11.0. The van der Waals surface area contributed by atoms with Crippen LogP contribution in [0, 0.1) is 10.1 Å². The van der Waals surface area contributed by atoms with Crippen LogP contribution in [0.4, 0.5) is 5.69 Å². The second-order valence-corrected chi connectivity index (χ2v) is 5.25. The first-order valence-electron chi connectivity index (χ1n) is 6.14. The fourth-order valence-corrected chi connectivity index (χ4v) is 1.93. The normalized spacial score (nSPS) is 14.0. The van der Waals surface area contributed by atoms with Crippen LogP contribution in [0.25, 0.3) is 11.3 Å². The van der Waals surface area contributed by atoms with Crippen molar-refractivity contribution in [3.63, 3.8) is 0 Å². The van der Waals surface area contributed by atoms with Gasteiger partial charge in [-0.1, -0.05) is 24.6 Å². The van der Waals surface area contributed by atoms with E-state index in [1.807, 2.05) is 13.8 Å². The van der Waals surface area contributed by atoms with Crippen molar-refractivity contribution in [1.29, 1.82) is 0 Å². The molecule has 0 amide bonds. The minimum absolute atomic E-state index is 0.107. The van der Waals surface area contributed by atoms with E-state index in [-0.39, 0.29) is 10.7 Å². The molecule has 1 aromatic carbocycles. The zero-order valence-electron chi connectivity index (χ0n) is 11.2. The first kappa shape index (κ1) is 14.5. The number of nitrogens with one attached hydrogen (secondary N) is 1. The van der Waals surface area contributed by atoms with E-state index in [0.717, 1.165) is 6.42 Å². The van der Waals surface area contributed by atoms with Gasteiger partial charge in [0.05, 0.1) is 22.4 Å². The molecule has 0 radical (unpaired) electrons. The number of H-pyrrole nitrogens is 1. The Morgan fingerprint density at radius 2 is 2.25 bits per heavy atom. The fourth-order valence-electron chi connectivity index (χ4n) is 1.75. The fraction of sp³-hybridized carbons (Fsp3) is 0.308. The maximum absolute atomic E-state index is 10.9. The van der Waals surface area contributed by atoms with Gasteiger partial charge in [0.1, 0.15) is 10.8 Å². The highest BCUT2D eigenvalue weighted by molar-refractivity contribution is 6.32. The van der Waals surface area contributed by atoms with Crippen LogP contribution in [0.2, 0.25) is 5.02 Å². The van der Waals surface area contributed by atoms with Crippen LogP contribution in [0.1, 0.15) is 26.1 Å². The molecule has 0 aliphatic rings. The van der Waals surface area contributed by atoms with Gasteiger partial charge in [0, 0.05) is 11.6 Å². The smallest absolute Gasteiger partial charge is 0.288 e. The summed E-state index contributed by atoms with van der Waals surface area (Å²) in [7, 11) is 0. The van der Waals surface area contributed by atoms with E-state index in [0.29, 0.717) is 17.1 Å². The lowest BCUT2D eigenvalue weighted by Crippen LogP contribution is -2.33. The summed E-state index contributed by atoms with van der Waals surface area (Å²) in [6.07, 6.45) is 2.34. The molecule has 2 aromatic rings. The van der Waals surface area contributed by atoms with Gasteiger partial charge in [0.15, 0.2) is 0 Å². The zero-order chi connectivity index (χ0) is 14.9. The second-order valence-electron chi connectivity index (χ2n) is 4.84. The number of rotatable bonds is 4. The molecular formula is C13H15ClN4O2. The molecule has 0 aliphatic heterocycles. The van der Waals surface area contributed by atoms with Gasteiger partial charge in [0.25, 0.3) is 5.69 Å². The van der Waals surface area contributed by atoms with E-state index in [1.54, 1.807) is 12.3 Å². The third-order valence-electron chi connectivity index (χ3n) is 3.31. The summed E-state index contributed by atoms with van der Waals surface area (Å²) in [6, 6.07) is 4.61. The Hall–Kier alpha value is -1.92. The molecule has 106 valence electrons. The van der Waals surface area contributed by atoms with Crippen LogP contribution in [0.15, 0.2) is 24.4 Å². The van der Waals surface area contributed by atoms with Crippen LogP contribution >= 0.6 is 11.6 Å². The highest BCUT2D eigenvalue weighted by Gasteiger charge is 2.23. The highest BCUT2D eigenvalue weighted by atomic mass is 35.5. The molecule has 0 spiro atoms. The van der Waals surface area contributed by atoms with Gasteiger partial charge >= 0.3 is 0 Å². The molecule has 0 saturated carbocycles. The molecule has 6 nitrogen and oxygen atoms in total. The Morgan fingerprint density at radius 3 is 2.85 bits per heavy atom. The Morgan fingerprint density at radius 1 is 1.55 bits per heavy atom. The Kier molecular flexibility index (Phi) is 3.78. The number of imidazole rings is 1. The Bertz CT molecular complexity index is 652. The van der Waals surface area contributed by atoms with Gasteiger partial charge in [-0.3, -0.25) is 10.1 Å².